The maximum atomic E-state index is 5.27. The van der Waals surface area contributed by atoms with E-state index in [1.165, 1.54) is 11.3 Å². The largest absolute Gasteiger partial charge is 0.368 e. The third-order valence-corrected chi connectivity index (χ3v) is 4.80. The van der Waals surface area contributed by atoms with E-state index in [0.29, 0.717) is 0 Å². The molecule has 0 N–H and O–H groups in total. The Morgan fingerprint density at radius 3 is 2.67 bits per heavy atom. The molecule has 3 aromatic rings. The van der Waals surface area contributed by atoms with Crippen LogP contribution in [-0.2, 0) is 6.54 Å². The molecular formula is C18H21N5O. The number of fused-ring (bicyclic) bond motifs is 1. The van der Waals surface area contributed by atoms with Crippen molar-refractivity contribution >= 4 is 16.6 Å². The van der Waals surface area contributed by atoms with Gasteiger partial charge >= 0.3 is 0 Å². The summed E-state index contributed by atoms with van der Waals surface area (Å²) in [5.74, 6) is 0.932. The summed E-state index contributed by atoms with van der Waals surface area (Å²) in [6.07, 6.45) is 5.59. The summed E-state index contributed by atoms with van der Waals surface area (Å²) in [5.41, 5.74) is 4.45. The molecule has 4 rings (SSSR count). The number of aryl methyl sites for hydroxylation is 2. The highest BCUT2D eigenvalue weighted by molar-refractivity contribution is 5.90. The fourth-order valence-electron chi connectivity index (χ4n) is 3.35. The van der Waals surface area contributed by atoms with Crippen molar-refractivity contribution in [1.29, 1.82) is 0 Å². The highest BCUT2D eigenvalue weighted by Crippen LogP contribution is 2.26. The van der Waals surface area contributed by atoms with Crippen molar-refractivity contribution in [2.45, 2.75) is 20.4 Å². The molecule has 0 aromatic carbocycles. The van der Waals surface area contributed by atoms with Gasteiger partial charge in [0.15, 0.2) is 0 Å². The first kappa shape index (κ1) is 15.1. The van der Waals surface area contributed by atoms with Crippen LogP contribution in [0.25, 0.3) is 10.9 Å². The summed E-state index contributed by atoms with van der Waals surface area (Å²) in [5, 5.41) is 5.18. The van der Waals surface area contributed by atoms with Gasteiger partial charge in [0.1, 0.15) is 5.76 Å². The summed E-state index contributed by atoms with van der Waals surface area (Å²) in [7, 11) is 0. The van der Waals surface area contributed by atoms with E-state index < -0.39 is 0 Å². The zero-order chi connectivity index (χ0) is 16.5. The van der Waals surface area contributed by atoms with Crippen molar-refractivity contribution in [1.82, 2.24) is 20.0 Å². The lowest BCUT2D eigenvalue weighted by atomic mass is 10.1. The molecule has 6 nitrogen and oxygen atoms in total. The van der Waals surface area contributed by atoms with Crippen molar-refractivity contribution in [3.63, 3.8) is 0 Å². The highest BCUT2D eigenvalue weighted by Gasteiger charge is 2.21. The van der Waals surface area contributed by atoms with Gasteiger partial charge in [0.05, 0.1) is 11.2 Å². The molecule has 1 saturated heterocycles. The summed E-state index contributed by atoms with van der Waals surface area (Å²) in [4.78, 5) is 13.6. The minimum absolute atomic E-state index is 0.910. The van der Waals surface area contributed by atoms with Crippen LogP contribution in [0.4, 0.5) is 5.69 Å². The molecule has 3 aromatic heterocycles. The topological polar surface area (TPSA) is 58.3 Å². The quantitative estimate of drug-likeness (QED) is 0.738. The molecular weight excluding hydrogens is 302 g/mol. The van der Waals surface area contributed by atoms with Crippen LogP contribution in [0.15, 0.2) is 35.2 Å². The van der Waals surface area contributed by atoms with Crippen LogP contribution in [-0.4, -0.2) is 46.2 Å². The Morgan fingerprint density at radius 1 is 1.08 bits per heavy atom. The maximum absolute atomic E-state index is 5.27. The van der Waals surface area contributed by atoms with E-state index in [4.69, 9.17) is 4.52 Å². The van der Waals surface area contributed by atoms with E-state index in [1.807, 2.05) is 32.3 Å². The average molecular weight is 323 g/mol. The number of nitrogens with zero attached hydrogens (tertiary/aromatic N) is 5. The molecule has 1 aliphatic rings. The van der Waals surface area contributed by atoms with Crippen molar-refractivity contribution in [3.05, 3.63) is 47.7 Å². The van der Waals surface area contributed by atoms with E-state index in [9.17, 15) is 0 Å². The van der Waals surface area contributed by atoms with Gasteiger partial charge in [-0.25, -0.2) is 0 Å². The molecule has 124 valence electrons. The Hall–Kier alpha value is -2.47. The molecule has 0 saturated carbocycles. The summed E-state index contributed by atoms with van der Waals surface area (Å²) >= 11 is 0. The third kappa shape index (κ3) is 2.73. The van der Waals surface area contributed by atoms with Crippen LogP contribution < -0.4 is 4.90 Å². The minimum atomic E-state index is 0.910. The molecule has 6 heteroatoms. The molecule has 0 aliphatic carbocycles. The lowest BCUT2D eigenvalue weighted by molar-refractivity contribution is 0.248. The van der Waals surface area contributed by atoms with Gasteiger partial charge in [0, 0.05) is 68.0 Å². The maximum Gasteiger partial charge on any atom is 0.138 e. The minimum Gasteiger partial charge on any atom is -0.368 e. The number of hydrogen-bond acceptors (Lipinski definition) is 6. The number of pyridine rings is 2. The normalized spacial score (nSPS) is 16.0. The monoisotopic (exact) mass is 323 g/mol. The standard InChI is InChI=1S/C18H21N5O/c1-13-16(14(2)24-21-13)12-22-7-9-23(10-8-22)18-4-6-20-17-3-5-19-11-15(17)18/h3-6,11H,7-10,12H2,1-2H3. The van der Waals surface area contributed by atoms with Gasteiger partial charge in [-0.3, -0.25) is 14.9 Å². The number of rotatable bonds is 3. The van der Waals surface area contributed by atoms with E-state index in [2.05, 4.69) is 31.0 Å². The molecule has 0 amide bonds. The Bertz CT molecular complexity index is 827. The van der Waals surface area contributed by atoms with E-state index in [1.54, 1.807) is 6.20 Å². The van der Waals surface area contributed by atoms with E-state index in [-0.39, 0.29) is 0 Å². The van der Waals surface area contributed by atoms with Crippen LogP contribution in [0.3, 0.4) is 0 Å². The zero-order valence-corrected chi connectivity index (χ0v) is 14.1. The molecule has 0 unspecified atom stereocenters. The summed E-state index contributed by atoms with van der Waals surface area (Å²) in [6.45, 7) is 8.95. The van der Waals surface area contributed by atoms with Crippen LogP contribution in [0.5, 0.6) is 0 Å². The van der Waals surface area contributed by atoms with Crippen molar-refractivity contribution in [2.75, 3.05) is 31.1 Å². The summed E-state index contributed by atoms with van der Waals surface area (Å²) in [6, 6.07) is 4.06. The van der Waals surface area contributed by atoms with Crippen molar-refractivity contribution < 1.29 is 4.52 Å². The number of aromatic nitrogens is 3. The molecule has 0 spiro atoms. The lowest BCUT2D eigenvalue weighted by Crippen LogP contribution is -2.46. The third-order valence-electron chi connectivity index (χ3n) is 4.80. The van der Waals surface area contributed by atoms with Crippen LogP contribution in [0.1, 0.15) is 17.0 Å². The second-order valence-electron chi connectivity index (χ2n) is 6.29. The molecule has 24 heavy (non-hydrogen) atoms. The second-order valence-corrected chi connectivity index (χ2v) is 6.29. The van der Waals surface area contributed by atoms with Gasteiger partial charge in [-0.05, 0) is 26.0 Å². The second kappa shape index (κ2) is 6.20. The van der Waals surface area contributed by atoms with E-state index in [0.717, 1.165) is 55.1 Å². The Labute approximate surface area is 141 Å². The smallest absolute Gasteiger partial charge is 0.138 e. The van der Waals surface area contributed by atoms with Crippen LogP contribution >= 0.6 is 0 Å². The highest BCUT2D eigenvalue weighted by atomic mass is 16.5. The Balaban J connectivity index is 1.48. The van der Waals surface area contributed by atoms with Gasteiger partial charge in [0.25, 0.3) is 0 Å². The van der Waals surface area contributed by atoms with Crippen LogP contribution in [0.2, 0.25) is 0 Å². The first-order valence-electron chi connectivity index (χ1n) is 8.30. The van der Waals surface area contributed by atoms with Gasteiger partial charge in [-0.1, -0.05) is 5.16 Å². The van der Waals surface area contributed by atoms with Gasteiger partial charge < -0.3 is 9.42 Å². The molecule has 0 radical (unpaired) electrons. The summed E-state index contributed by atoms with van der Waals surface area (Å²) < 4.78 is 5.27. The number of hydrogen-bond donors (Lipinski definition) is 0. The van der Waals surface area contributed by atoms with Crippen molar-refractivity contribution in [2.24, 2.45) is 0 Å². The van der Waals surface area contributed by atoms with Crippen LogP contribution in [0, 0.1) is 13.8 Å². The predicted octanol–water partition coefficient (Wildman–Crippen LogP) is 2.56. The van der Waals surface area contributed by atoms with Gasteiger partial charge in [-0.15, -0.1) is 0 Å². The fourth-order valence-corrected chi connectivity index (χ4v) is 3.35. The number of piperazine rings is 1. The average Bonchev–Trinajstić information content (AvgIpc) is 2.94. The number of anilines is 1. The van der Waals surface area contributed by atoms with E-state index >= 15 is 0 Å². The van der Waals surface area contributed by atoms with Crippen molar-refractivity contribution in [3.8, 4) is 0 Å². The Kier molecular flexibility index (Phi) is 3.90. The molecule has 1 aliphatic heterocycles. The molecule has 0 atom stereocenters. The molecule has 1 fully saturated rings. The first-order chi connectivity index (χ1) is 11.7. The molecule has 0 bridgehead atoms. The molecule has 4 heterocycles. The SMILES string of the molecule is Cc1noc(C)c1CN1CCN(c2ccnc3ccncc23)CC1. The first-order valence-corrected chi connectivity index (χ1v) is 8.30. The Morgan fingerprint density at radius 2 is 1.92 bits per heavy atom. The zero-order valence-electron chi connectivity index (χ0n) is 14.1. The lowest BCUT2D eigenvalue weighted by Gasteiger charge is -2.36. The van der Waals surface area contributed by atoms with Gasteiger partial charge in [-0.2, -0.15) is 0 Å². The fraction of sp³-hybridized carbons (Fsp3) is 0.389. The predicted molar refractivity (Wildman–Crippen MR) is 93.0 cm³/mol. The van der Waals surface area contributed by atoms with Gasteiger partial charge in [0.2, 0.25) is 0 Å².